The Labute approximate surface area is 99.2 Å². The number of nitrogens with zero attached hydrogens (tertiary/aromatic N) is 3. The lowest BCUT2D eigenvalue weighted by Gasteiger charge is -2.04. The summed E-state index contributed by atoms with van der Waals surface area (Å²) in [4.78, 5) is 13.1. The topological polar surface area (TPSA) is 38.7 Å². The van der Waals surface area contributed by atoms with E-state index in [-0.39, 0.29) is 0 Å². The smallest absolute Gasteiger partial charge is 0.160 e. The molecule has 3 heteroatoms. The zero-order valence-corrected chi connectivity index (χ0v) is 9.46. The lowest BCUT2D eigenvalue weighted by molar-refractivity contribution is 1.23. The predicted molar refractivity (Wildman–Crippen MR) is 67.5 cm³/mol. The Bertz CT molecular complexity index is 663. The van der Waals surface area contributed by atoms with Crippen molar-refractivity contribution in [2.24, 2.45) is 0 Å². The number of aryl methyl sites for hydroxylation is 1. The maximum Gasteiger partial charge on any atom is 0.160 e. The quantitative estimate of drug-likeness (QED) is 0.634. The number of rotatable bonds is 1. The third-order valence-electron chi connectivity index (χ3n) is 2.72. The van der Waals surface area contributed by atoms with Gasteiger partial charge in [0.05, 0.1) is 11.4 Å². The summed E-state index contributed by atoms with van der Waals surface area (Å²) in [6.07, 6.45) is 3.53. The molecular weight excluding hydrogens is 210 g/mol. The highest BCUT2D eigenvalue weighted by molar-refractivity contribution is 5.81. The first-order valence-electron chi connectivity index (χ1n) is 5.48. The van der Waals surface area contributed by atoms with Gasteiger partial charge < -0.3 is 0 Å². The molecule has 3 rings (SSSR count). The number of aromatic nitrogens is 3. The van der Waals surface area contributed by atoms with E-state index in [4.69, 9.17) is 0 Å². The van der Waals surface area contributed by atoms with Crippen LogP contribution in [0.25, 0.3) is 22.4 Å². The standard InChI is InChI=1S/C14H11N3/c1-10-9-13(12-6-2-3-7-15-12)17-14-11(10)5-4-8-16-14/h2-9H,1H3. The molecule has 0 radical (unpaired) electrons. The molecule has 0 saturated carbocycles. The van der Waals surface area contributed by atoms with Crippen molar-refractivity contribution >= 4 is 11.0 Å². The van der Waals surface area contributed by atoms with Crippen molar-refractivity contribution in [3.8, 4) is 11.4 Å². The van der Waals surface area contributed by atoms with Gasteiger partial charge in [-0.3, -0.25) is 4.98 Å². The zero-order chi connectivity index (χ0) is 11.7. The third-order valence-corrected chi connectivity index (χ3v) is 2.72. The van der Waals surface area contributed by atoms with Gasteiger partial charge in [0.25, 0.3) is 0 Å². The maximum atomic E-state index is 4.53. The Balaban J connectivity index is 2.26. The van der Waals surface area contributed by atoms with Crippen LogP contribution in [-0.4, -0.2) is 15.0 Å². The molecule has 0 aliphatic rings. The van der Waals surface area contributed by atoms with Crippen LogP contribution in [0.2, 0.25) is 0 Å². The molecule has 3 aromatic rings. The molecule has 0 amide bonds. The first-order valence-corrected chi connectivity index (χ1v) is 5.48. The molecule has 0 spiro atoms. The molecule has 0 N–H and O–H groups in total. The van der Waals surface area contributed by atoms with Crippen LogP contribution in [0.15, 0.2) is 48.8 Å². The van der Waals surface area contributed by atoms with E-state index >= 15 is 0 Å². The number of hydrogen-bond acceptors (Lipinski definition) is 3. The predicted octanol–water partition coefficient (Wildman–Crippen LogP) is 3.00. The monoisotopic (exact) mass is 221 g/mol. The van der Waals surface area contributed by atoms with E-state index in [1.54, 1.807) is 12.4 Å². The van der Waals surface area contributed by atoms with Crippen molar-refractivity contribution in [3.63, 3.8) is 0 Å². The summed E-state index contributed by atoms with van der Waals surface area (Å²) in [5.41, 5.74) is 3.69. The summed E-state index contributed by atoms with van der Waals surface area (Å²) in [5.74, 6) is 0. The molecule has 17 heavy (non-hydrogen) atoms. The minimum absolute atomic E-state index is 0.771. The normalized spacial score (nSPS) is 10.6. The van der Waals surface area contributed by atoms with Gasteiger partial charge in [-0.25, -0.2) is 9.97 Å². The molecule has 0 saturated heterocycles. The van der Waals surface area contributed by atoms with Gasteiger partial charge in [-0.2, -0.15) is 0 Å². The van der Waals surface area contributed by atoms with Crippen LogP contribution >= 0.6 is 0 Å². The van der Waals surface area contributed by atoms with Gasteiger partial charge in [0, 0.05) is 17.8 Å². The van der Waals surface area contributed by atoms with Crippen LogP contribution in [0.4, 0.5) is 0 Å². The zero-order valence-electron chi connectivity index (χ0n) is 9.46. The van der Waals surface area contributed by atoms with Gasteiger partial charge in [0.1, 0.15) is 0 Å². The van der Waals surface area contributed by atoms with Crippen molar-refractivity contribution in [1.29, 1.82) is 0 Å². The highest BCUT2D eigenvalue weighted by Gasteiger charge is 2.05. The van der Waals surface area contributed by atoms with Crippen LogP contribution in [-0.2, 0) is 0 Å². The molecule has 3 nitrogen and oxygen atoms in total. The van der Waals surface area contributed by atoms with Gasteiger partial charge in [0.2, 0.25) is 0 Å². The fourth-order valence-electron chi connectivity index (χ4n) is 1.87. The average molecular weight is 221 g/mol. The summed E-state index contributed by atoms with van der Waals surface area (Å²) in [5, 5.41) is 1.09. The number of pyridine rings is 3. The second-order valence-electron chi connectivity index (χ2n) is 3.91. The van der Waals surface area contributed by atoms with Gasteiger partial charge in [-0.15, -0.1) is 0 Å². The Morgan fingerprint density at radius 1 is 0.882 bits per heavy atom. The molecule has 0 bridgehead atoms. The van der Waals surface area contributed by atoms with Crippen LogP contribution in [0.1, 0.15) is 5.56 Å². The molecule has 82 valence electrons. The first-order chi connectivity index (χ1) is 8.34. The van der Waals surface area contributed by atoms with E-state index in [1.165, 1.54) is 5.56 Å². The van der Waals surface area contributed by atoms with Gasteiger partial charge in [-0.05, 0) is 42.8 Å². The van der Waals surface area contributed by atoms with E-state index < -0.39 is 0 Å². The fraction of sp³-hybridized carbons (Fsp3) is 0.0714. The van der Waals surface area contributed by atoms with Crippen molar-refractivity contribution in [3.05, 3.63) is 54.4 Å². The SMILES string of the molecule is Cc1cc(-c2ccccn2)nc2ncccc12. The molecule has 0 unspecified atom stereocenters. The molecule has 0 aliphatic carbocycles. The van der Waals surface area contributed by atoms with Crippen molar-refractivity contribution in [1.82, 2.24) is 15.0 Å². The van der Waals surface area contributed by atoms with Crippen LogP contribution in [0.3, 0.4) is 0 Å². The Morgan fingerprint density at radius 3 is 2.59 bits per heavy atom. The van der Waals surface area contributed by atoms with Gasteiger partial charge in [-0.1, -0.05) is 6.07 Å². The first kappa shape index (κ1) is 9.90. The van der Waals surface area contributed by atoms with E-state index in [1.807, 2.05) is 36.4 Å². The summed E-state index contributed by atoms with van der Waals surface area (Å²) in [7, 11) is 0. The van der Waals surface area contributed by atoms with E-state index in [0.717, 1.165) is 22.4 Å². The lowest BCUT2D eigenvalue weighted by Crippen LogP contribution is -1.92. The van der Waals surface area contributed by atoms with Gasteiger partial charge in [0.15, 0.2) is 5.65 Å². The van der Waals surface area contributed by atoms with Crippen LogP contribution < -0.4 is 0 Å². The number of fused-ring (bicyclic) bond motifs is 1. The molecule has 0 aromatic carbocycles. The molecule has 3 aromatic heterocycles. The van der Waals surface area contributed by atoms with E-state index in [9.17, 15) is 0 Å². The van der Waals surface area contributed by atoms with Crippen molar-refractivity contribution < 1.29 is 0 Å². The summed E-state index contributed by atoms with van der Waals surface area (Å²) in [6, 6.07) is 11.8. The fourth-order valence-corrected chi connectivity index (χ4v) is 1.87. The largest absolute Gasteiger partial charge is 0.255 e. The Hall–Kier alpha value is -2.29. The number of hydrogen-bond donors (Lipinski definition) is 0. The van der Waals surface area contributed by atoms with Crippen molar-refractivity contribution in [2.45, 2.75) is 6.92 Å². The Kier molecular flexibility index (Phi) is 2.29. The summed E-state index contributed by atoms with van der Waals surface area (Å²) in [6.45, 7) is 2.07. The van der Waals surface area contributed by atoms with E-state index in [2.05, 4.69) is 21.9 Å². The maximum absolute atomic E-state index is 4.53. The lowest BCUT2D eigenvalue weighted by atomic mass is 10.1. The Morgan fingerprint density at radius 2 is 1.76 bits per heavy atom. The average Bonchev–Trinajstić information content (AvgIpc) is 2.40. The summed E-state index contributed by atoms with van der Waals surface area (Å²) >= 11 is 0. The third kappa shape index (κ3) is 1.76. The molecule has 3 heterocycles. The second-order valence-corrected chi connectivity index (χ2v) is 3.91. The highest BCUT2D eigenvalue weighted by Crippen LogP contribution is 2.21. The molecule has 0 aliphatic heterocycles. The van der Waals surface area contributed by atoms with Gasteiger partial charge >= 0.3 is 0 Å². The summed E-state index contributed by atoms with van der Waals surface area (Å²) < 4.78 is 0. The highest BCUT2D eigenvalue weighted by atomic mass is 14.9. The molecule has 0 atom stereocenters. The second kappa shape index (κ2) is 3.94. The van der Waals surface area contributed by atoms with Crippen LogP contribution in [0.5, 0.6) is 0 Å². The minimum atomic E-state index is 0.771. The minimum Gasteiger partial charge on any atom is -0.255 e. The van der Waals surface area contributed by atoms with Crippen LogP contribution in [0, 0.1) is 6.92 Å². The van der Waals surface area contributed by atoms with E-state index in [0.29, 0.717) is 0 Å². The molecule has 0 fully saturated rings. The molecular formula is C14H11N3. The van der Waals surface area contributed by atoms with Crippen molar-refractivity contribution in [2.75, 3.05) is 0 Å².